The van der Waals surface area contributed by atoms with Gasteiger partial charge in [0.2, 0.25) is 5.91 Å². The monoisotopic (exact) mass is 451 g/mol. The molecule has 0 spiro atoms. The Morgan fingerprint density at radius 1 is 1.06 bits per heavy atom. The summed E-state index contributed by atoms with van der Waals surface area (Å²) in [5.74, 6) is -1.19. The molecule has 0 aliphatic rings. The van der Waals surface area contributed by atoms with E-state index in [1.165, 1.54) is 12.1 Å². The van der Waals surface area contributed by atoms with Crippen LogP contribution in [-0.2, 0) is 9.53 Å². The van der Waals surface area contributed by atoms with Crippen molar-refractivity contribution < 1.29 is 19.1 Å². The van der Waals surface area contributed by atoms with Gasteiger partial charge >= 0.3 is 0 Å². The first-order chi connectivity index (χ1) is 14.4. The Bertz CT molecular complexity index is 764. The predicted molar refractivity (Wildman–Crippen MR) is 126 cm³/mol. The summed E-state index contributed by atoms with van der Waals surface area (Å²) in [6.07, 6.45) is 0.605. The molecule has 0 heterocycles. The smallest absolute Gasteiger partial charge is 0.246 e. The second kappa shape index (κ2) is 14.0. The molecular weight excluding hydrogens is 417 g/mol. The summed E-state index contributed by atoms with van der Waals surface area (Å²) >= 11 is 0. The minimum absolute atomic E-state index is 0. The average molecular weight is 452 g/mol. The van der Waals surface area contributed by atoms with Crippen molar-refractivity contribution in [2.24, 2.45) is 5.92 Å². The molecule has 2 atom stereocenters. The van der Waals surface area contributed by atoms with Crippen LogP contribution in [0.25, 0.3) is 0 Å². The third kappa shape index (κ3) is 8.86. The van der Waals surface area contributed by atoms with Crippen LogP contribution in [0, 0.1) is 11.7 Å². The van der Waals surface area contributed by atoms with E-state index in [9.17, 15) is 9.18 Å². The van der Waals surface area contributed by atoms with E-state index in [-0.39, 0.29) is 25.4 Å². The fourth-order valence-electron chi connectivity index (χ4n) is 3.37. The zero-order valence-corrected chi connectivity index (χ0v) is 19.4. The van der Waals surface area contributed by atoms with Gasteiger partial charge in [-0.2, -0.15) is 13.5 Å². The van der Waals surface area contributed by atoms with Crippen LogP contribution in [0.2, 0.25) is 0 Å². The number of ether oxygens (including phenoxy) is 1. The molecular formula is C23H34FN3O3S. The lowest BCUT2D eigenvalue weighted by molar-refractivity contribution is -0.135. The maximum atomic E-state index is 13.2. The van der Waals surface area contributed by atoms with E-state index >= 15 is 0 Å². The number of rotatable bonds is 12. The van der Waals surface area contributed by atoms with Crippen molar-refractivity contribution in [1.82, 2.24) is 10.4 Å². The van der Waals surface area contributed by atoms with Crippen LogP contribution in [0.1, 0.15) is 24.5 Å². The Morgan fingerprint density at radius 3 is 2.29 bits per heavy atom. The van der Waals surface area contributed by atoms with Gasteiger partial charge < -0.3 is 14.5 Å². The molecule has 172 valence electrons. The number of para-hydroxylation sites is 1. The second-order valence-corrected chi connectivity index (χ2v) is 7.53. The molecule has 2 aromatic rings. The van der Waals surface area contributed by atoms with E-state index in [0.717, 1.165) is 24.3 Å². The first-order valence-corrected chi connectivity index (χ1v) is 10.1. The number of likely N-dealkylation sites (N-methyl/N-ethyl adjacent to an activating group) is 2. The van der Waals surface area contributed by atoms with E-state index in [0.29, 0.717) is 19.4 Å². The molecule has 6 nitrogen and oxygen atoms in total. The van der Waals surface area contributed by atoms with Crippen molar-refractivity contribution >= 4 is 25.1 Å². The number of methoxy groups -OCH3 is 1. The van der Waals surface area contributed by atoms with Crippen molar-refractivity contribution in [3.63, 3.8) is 0 Å². The minimum Gasteiger partial charge on any atom is -0.377 e. The highest BCUT2D eigenvalue weighted by Crippen LogP contribution is 2.27. The predicted octanol–water partition coefficient (Wildman–Crippen LogP) is 3.60. The molecule has 0 fully saturated rings. The van der Waals surface area contributed by atoms with Crippen LogP contribution < -0.4 is 10.4 Å². The van der Waals surface area contributed by atoms with Crippen molar-refractivity contribution in [1.29, 1.82) is 0 Å². The first-order valence-electron chi connectivity index (χ1n) is 10.1. The van der Waals surface area contributed by atoms with Crippen molar-refractivity contribution in [3.8, 4) is 0 Å². The number of carbonyl (C=O) groups excluding carboxylic acids is 1. The molecule has 0 radical (unpaired) electrons. The fraction of sp³-hybridized carbons (Fsp3) is 0.435. The Morgan fingerprint density at radius 2 is 1.71 bits per heavy atom. The van der Waals surface area contributed by atoms with Gasteiger partial charge in [0, 0.05) is 38.9 Å². The van der Waals surface area contributed by atoms with Gasteiger partial charge in [0.25, 0.3) is 0 Å². The van der Waals surface area contributed by atoms with Crippen molar-refractivity contribution in [3.05, 3.63) is 66.0 Å². The number of halogens is 1. The van der Waals surface area contributed by atoms with Gasteiger partial charge in [0.05, 0.1) is 6.10 Å². The SMILES string of the molecule is CO[C@H](C[C@H](CCN(C)CCN(C)c1ccccc1)C(=O)NO)c1ccc(F)cc1.S. The maximum Gasteiger partial charge on any atom is 0.246 e. The van der Waals surface area contributed by atoms with Crippen LogP contribution in [0.15, 0.2) is 54.6 Å². The van der Waals surface area contributed by atoms with Crippen molar-refractivity contribution in [2.45, 2.75) is 18.9 Å². The molecule has 1 amide bonds. The van der Waals surface area contributed by atoms with Gasteiger partial charge in [-0.05, 0) is 56.3 Å². The summed E-state index contributed by atoms with van der Waals surface area (Å²) in [6, 6.07) is 16.2. The Hall–Kier alpha value is -2.13. The molecule has 2 aromatic carbocycles. The number of hydroxylamine groups is 1. The maximum absolute atomic E-state index is 13.2. The molecule has 2 rings (SSSR count). The highest BCUT2D eigenvalue weighted by atomic mass is 32.1. The number of anilines is 1. The lowest BCUT2D eigenvalue weighted by Crippen LogP contribution is -2.35. The zero-order valence-electron chi connectivity index (χ0n) is 18.4. The molecule has 0 unspecified atom stereocenters. The van der Waals surface area contributed by atoms with E-state index < -0.39 is 11.8 Å². The number of nitrogens with one attached hydrogen (secondary N) is 1. The van der Waals surface area contributed by atoms with Gasteiger partial charge in [0.15, 0.2) is 0 Å². The van der Waals surface area contributed by atoms with Gasteiger partial charge in [-0.15, -0.1) is 0 Å². The first kappa shape index (κ1) is 26.9. The summed E-state index contributed by atoms with van der Waals surface area (Å²) in [6.45, 7) is 2.39. The Labute approximate surface area is 191 Å². The molecule has 31 heavy (non-hydrogen) atoms. The summed E-state index contributed by atoms with van der Waals surface area (Å²) in [7, 11) is 5.63. The van der Waals surface area contributed by atoms with E-state index in [4.69, 9.17) is 9.94 Å². The largest absolute Gasteiger partial charge is 0.377 e. The molecule has 0 aliphatic heterocycles. The third-order valence-corrected chi connectivity index (χ3v) is 5.38. The molecule has 0 aromatic heterocycles. The lowest BCUT2D eigenvalue weighted by atomic mass is 9.93. The highest BCUT2D eigenvalue weighted by Gasteiger charge is 2.24. The number of hydrogen-bond acceptors (Lipinski definition) is 5. The van der Waals surface area contributed by atoms with E-state index in [2.05, 4.69) is 29.0 Å². The molecule has 0 saturated heterocycles. The number of hydrogen-bond donors (Lipinski definition) is 2. The topological polar surface area (TPSA) is 65.0 Å². The van der Waals surface area contributed by atoms with Gasteiger partial charge in [0.1, 0.15) is 5.82 Å². The van der Waals surface area contributed by atoms with E-state index in [1.807, 2.05) is 25.2 Å². The normalized spacial score (nSPS) is 12.7. The summed E-state index contributed by atoms with van der Waals surface area (Å²) in [5.41, 5.74) is 3.73. The third-order valence-electron chi connectivity index (χ3n) is 5.38. The Kier molecular flexibility index (Phi) is 12.2. The zero-order chi connectivity index (χ0) is 21.9. The number of nitrogens with zero attached hydrogens (tertiary/aromatic N) is 2. The number of benzene rings is 2. The van der Waals surface area contributed by atoms with Crippen LogP contribution >= 0.6 is 13.5 Å². The molecule has 8 heteroatoms. The Balaban J connectivity index is 0.00000480. The van der Waals surface area contributed by atoms with E-state index in [1.54, 1.807) is 24.7 Å². The summed E-state index contributed by atoms with van der Waals surface area (Å²) in [5, 5.41) is 9.15. The average Bonchev–Trinajstić information content (AvgIpc) is 2.78. The van der Waals surface area contributed by atoms with Crippen LogP contribution in [0.5, 0.6) is 0 Å². The quantitative estimate of drug-likeness (QED) is 0.381. The number of carbonyl (C=O) groups is 1. The van der Waals surface area contributed by atoms with Gasteiger partial charge in [-0.1, -0.05) is 30.3 Å². The molecule has 0 saturated carbocycles. The van der Waals surface area contributed by atoms with Gasteiger partial charge in [-0.25, -0.2) is 9.87 Å². The second-order valence-electron chi connectivity index (χ2n) is 7.53. The standard InChI is InChI=1S/C23H32FN3O3.H2S/c1-26(15-16-27(2)21-7-5-4-6-8-21)14-13-19(23(28)25-29)17-22(30-3)18-9-11-20(24)12-10-18;/h4-12,19,22,29H,13-17H2,1-3H3,(H,25,28);1H2/t19-,22+;/m0./s1. The molecule has 0 bridgehead atoms. The van der Waals surface area contributed by atoms with Gasteiger partial charge in [-0.3, -0.25) is 10.0 Å². The molecule has 2 N–H and O–H groups in total. The minimum atomic E-state index is -0.436. The summed E-state index contributed by atoms with van der Waals surface area (Å²) in [4.78, 5) is 16.6. The van der Waals surface area contributed by atoms with Crippen LogP contribution in [0.3, 0.4) is 0 Å². The lowest BCUT2D eigenvalue weighted by Gasteiger charge is -2.26. The molecule has 0 aliphatic carbocycles. The van der Waals surface area contributed by atoms with Crippen LogP contribution in [0.4, 0.5) is 10.1 Å². The summed E-state index contributed by atoms with van der Waals surface area (Å²) < 4.78 is 18.7. The van der Waals surface area contributed by atoms with Crippen molar-refractivity contribution in [2.75, 3.05) is 45.7 Å². The highest BCUT2D eigenvalue weighted by molar-refractivity contribution is 7.59. The number of amides is 1. The van der Waals surface area contributed by atoms with Crippen LogP contribution in [-0.4, -0.2) is 56.9 Å². The fourth-order valence-corrected chi connectivity index (χ4v) is 3.37.